The van der Waals surface area contributed by atoms with Gasteiger partial charge in [-0.2, -0.15) is 0 Å². The normalized spacial score (nSPS) is 32.5. The summed E-state index contributed by atoms with van der Waals surface area (Å²) in [5.74, 6) is 2.70. The van der Waals surface area contributed by atoms with Crippen molar-refractivity contribution in [2.75, 3.05) is 19.6 Å². The lowest BCUT2D eigenvalue weighted by Gasteiger charge is -2.39. The maximum absolute atomic E-state index is 6.39. The molecule has 2 N–H and O–H groups in total. The SMILES string of the molecule is CCCC1CCC(N)C(CN(CC)CC2CCC2)C1. The Hall–Kier alpha value is -0.0800. The Morgan fingerprint density at radius 1 is 1.00 bits per heavy atom. The third kappa shape index (κ3) is 4.46. The second-order valence-corrected chi connectivity index (χ2v) is 7.04. The standard InChI is InChI=1S/C17H34N2/c1-3-6-14-9-10-17(18)16(11-14)13-19(4-2)12-15-7-5-8-15/h14-17H,3-13,18H2,1-2H3. The van der Waals surface area contributed by atoms with Crippen molar-refractivity contribution in [1.29, 1.82) is 0 Å². The van der Waals surface area contributed by atoms with Gasteiger partial charge in [-0.25, -0.2) is 0 Å². The third-order valence-corrected chi connectivity index (χ3v) is 5.53. The van der Waals surface area contributed by atoms with Crippen molar-refractivity contribution in [2.24, 2.45) is 23.5 Å². The second kappa shape index (κ2) is 7.64. The largest absolute Gasteiger partial charge is 0.327 e. The molecule has 2 nitrogen and oxygen atoms in total. The van der Waals surface area contributed by atoms with Crippen LogP contribution >= 0.6 is 0 Å². The molecule has 0 aromatic carbocycles. The van der Waals surface area contributed by atoms with Gasteiger partial charge >= 0.3 is 0 Å². The van der Waals surface area contributed by atoms with E-state index in [-0.39, 0.29) is 0 Å². The topological polar surface area (TPSA) is 29.3 Å². The molecule has 0 amide bonds. The highest BCUT2D eigenvalue weighted by Crippen LogP contribution is 2.33. The van der Waals surface area contributed by atoms with Crippen LogP contribution in [0.2, 0.25) is 0 Å². The van der Waals surface area contributed by atoms with Gasteiger partial charge in [0.15, 0.2) is 0 Å². The van der Waals surface area contributed by atoms with E-state index in [1.54, 1.807) is 0 Å². The Morgan fingerprint density at radius 3 is 2.37 bits per heavy atom. The summed E-state index contributed by atoms with van der Waals surface area (Å²) < 4.78 is 0. The monoisotopic (exact) mass is 266 g/mol. The lowest BCUT2D eigenvalue weighted by Crippen LogP contribution is -2.44. The van der Waals surface area contributed by atoms with Crippen LogP contribution in [0.25, 0.3) is 0 Å². The van der Waals surface area contributed by atoms with Crippen LogP contribution in [0.4, 0.5) is 0 Å². The van der Waals surface area contributed by atoms with Gasteiger partial charge in [0.05, 0.1) is 0 Å². The lowest BCUT2D eigenvalue weighted by molar-refractivity contribution is 0.124. The maximum Gasteiger partial charge on any atom is 0.00795 e. The van der Waals surface area contributed by atoms with E-state index in [2.05, 4.69) is 18.7 Å². The molecule has 19 heavy (non-hydrogen) atoms. The predicted molar refractivity (Wildman–Crippen MR) is 83.2 cm³/mol. The highest BCUT2D eigenvalue weighted by Gasteiger charge is 2.30. The van der Waals surface area contributed by atoms with Gasteiger partial charge in [0.1, 0.15) is 0 Å². The highest BCUT2D eigenvalue weighted by atomic mass is 15.1. The second-order valence-electron chi connectivity index (χ2n) is 7.04. The fraction of sp³-hybridized carbons (Fsp3) is 1.00. The molecular weight excluding hydrogens is 232 g/mol. The molecule has 0 aromatic rings. The van der Waals surface area contributed by atoms with Crippen LogP contribution in [0.1, 0.15) is 65.2 Å². The highest BCUT2D eigenvalue weighted by molar-refractivity contribution is 4.85. The summed E-state index contributed by atoms with van der Waals surface area (Å²) in [4.78, 5) is 2.68. The maximum atomic E-state index is 6.39. The van der Waals surface area contributed by atoms with Gasteiger partial charge in [0, 0.05) is 19.1 Å². The summed E-state index contributed by atoms with van der Waals surface area (Å²) in [6, 6.07) is 0.462. The molecule has 0 spiro atoms. The van der Waals surface area contributed by atoms with Crippen LogP contribution in [0, 0.1) is 17.8 Å². The molecule has 0 aromatic heterocycles. The minimum atomic E-state index is 0.462. The Kier molecular flexibility index (Phi) is 6.15. The van der Waals surface area contributed by atoms with Crippen LogP contribution in [0.5, 0.6) is 0 Å². The summed E-state index contributed by atoms with van der Waals surface area (Å²) >= 11 is 0. The van der Waals surface area contributed by atoms with Gasteiger partial charge in [0.25, 0.3) is 0 Å². The molecule has 2 heteroatoms. The molecule has 0 saturated heterocycles. The molecule has 2 aliphatic carbocycles. The van der Waals surface area contributed by atoms with E-state index in [1.807, 2.05) is 0 Å². The molecule has 0 heterocycles. The van der Waals surface area contributed by atoms with E-state index in [0.29, 0.717) is 6.04 Å². The Morgan fingerprint density at radius 2 is 1.79 bits per heavy atom. The smallest absolute Gasteiger partial charge is 0.00795 e. The average Bonchev–Trinajstić information content (AvgIpc) is 2.36. The lowest BCUT2D eigenvalue weighted by atomic mass is 9.76. The molecule has 3 unspecified atom stereocenters. The van der Waals surface area contributed by atoms with E-state index in [1.165, 1.54) is 71.0 Å². The van der Waals surface area contributed by atoms with E-state index < -0.39 is 0 Å². The Labute approximate surface area is 120 Å². The fourth-order valence-corrected chi connectivity index (χ4v) is 3.97. The molecule has 2 saturated carbocycles. The number of hydrogen-bond acceptors (Lipinski definition) is 2. The zero-order chi connectivity index (χ0) is 13.7. The van der Waals surface area contributed by atoms with E-state index in [9.17, 15) is 0 Å². The van der Waals surface area contributed by atoms with Crippen molar-refractivity contribution in [2.45, 2.75) is 71.3 Å². The molecule has 2 rings (SSSR count). The summed E-state index contributed by atoms with van der Waals surface area (Å²) in [5.41, 5.74) is 6.39. The first-order valence-corrected chi connectivity index (χ1v) is 8.70. The van der Waals surface area contributed by atoms with Crippen molar-refractivity contribution in [3.63, 3.8) is 0 Å². The molecule has 112 valence electrons. The molecule has 3 atom stereocenters. The van der Waals surface area contributed by atoms with Crippen LogP contribution in [0.3, 0.4) is 0 Å². The van der Waals surface area contributed by atoms with Gasteiger partial charge < -0.3 is 10.6 Å². The quantitative estimate of drug-likeness (QED) is 0.762. The van der Waals surface area contributed by atoms with E-state index in [0.717, 1.165) is 17.8 Å². The first kappa shape index (κ1) is 15.3. The predicted octanol–water partition coefficient (Wildman–Crippen LogP) is 3.65. The minimum absolute atomic E-state index is 0.462. The Balaban J connectivity index is 1.79. The number of hydrogen-bond donors (Lipinski definition) is 1. The van der Waals surface area contributed by atoms with Crippen LogP contribution in [-0.2, 0) is 0 Å². The van der Waals surface area contributed by atoms with Crippen molar-refractivity contribution in [3.8, 4) is 0 Å². The van der Waals surface area contributed by atoms with Crippen LogP contribution in [0.15, 0.2) is 0 Å². The fourth-order valence-electron chi connectivity index (χ4n) is 3.97. The van der Waals surface area contributed by atoms with Gasteiger partial charge in [-0.05, 0) is 56.4 Å². The first-order chi connectivity index (χ1) is 9.22. The van der Waals surface area contributed by atoms with Crippen molar-refractivity contribution >= 4 is 0 Å². The van der Waals surface area contributed by atoms with E-state index >= 15 is 0 Å². The van der Waals surface area contributed by atoms with Gasteiger partial charge in [0.2, 0.25) is 0 Å². The molecule has 2 fully saturated rings. The summed E-state index contributed by atoms with van der Waals surface area (Å²) in [6.07, 6.45) is 11.2. The molecule has 2 aliphatic rings. The van der Waals surface area contributed by atoms with Crippen molar-refractivity contribution in [1.82, 2.24) is 4.90 Å². The molecule has 0 radical (unpaired) electrons. The summed E-state index contributed by atoms with van der Waals surface area (Å²) in [7, 11) is 0. The van der Waals surface area contributed by atoms with Crippen molar-refractivity contribution < 1.29 is 0 Å². The molecule has 0 bridgehead atoms. The number of nitrogens with two attached hydrogens (primary N) is 1. The molecular formula is C17H34N2. The van der Waals surface area contributed by atoms with Crippen molar-refractivity contribution in [3.05, 3.63) is 0 Å². The third-order valence-electron chi connectivity index (χ3n) is 5.53. The van der Waals surface area contributed by atoms with Gasteiger partial charge in [-0.15, -0.1) is 0 Å². The van der Waals surface area contributed by atoms with Gasteiger partial charge in [-0.1, -0.05) is 33.1 Å². The molecule has 0 aliphatic heterocycles. The van der Waals surface area contributed by atoms with E-state index in [4.69, 9.17) is 5.73 Å². The average molecular weight is 266 g/mol. The van der Waals surface area contributed by atoms with Gasteiger partial charge in [-0.3, -0.25) is 0 Å². The van der Waals surface area contributed by atoms with Crippen LogP contribution < -0.4 is 5.73 Å². The first-order valence-electron chi connectivity index (χ1n) is 8.70. The minimum Gasteiger partial charge on any atom is -0.327 e. The number of rotatable bonds is 7. The summed E-state index contributed by atoms with van der Waals surface area (Å²) in [6.45, 7) is 8.43. The number of nitrogens with zero attached hydrogens (tertiary/aromatic N) is 1. The zero-order valence-electron chi connectivity index (χ0n) is 13.1. The Bertz CT molecular complexity index is 250. The summed E-state index contributed by atoms with van der Waals surface area (Å²) in [5, 5.41) is 0. The van der Waals surface area contributed by atoms with Crippen LogP contribution in [-0.4, -0.2) is 30.6 Å². The zero-order valence-corrected chi connectivity index (χ0v) is 13.1.